The third kappa shape index (κ3) is 3.68. The average molecular weight is 337 g/mol. The summed E-state index contributed by atoms with van der Waals surface area (Å²) in [7, 11) is 1.61. The number of carbonyl (C=O) groups excluding carboxylic acids is 1. The van der Waals surface area contributed by atoms with Crippen molar-refractivity contribution in [2.45, 2.75) is 33.1 Å². The molecular weight excluding hydrogens is 314 g/mol. The van der Waals surface area contributed by atoms with E-state index < -0.39 is 0 Å². The van der Waals surface area contributed by atoms with Crippen LogP contribution in [0.5, 0.6) is 5.75 Å². The molecule has 3 aromatic rings. The van der Waals surface area contributed by atoms with Crippen LogP contribution in [0.3, 0.4) is 0 Å². The van der Waals surface area contributed by atoms with Crippen molar-refractivity contribution in [3.05, 3.63) is 59.4 Å². The van der Waals surface area contributed by atoms with E-state index in [1.165, 1.54) is 18.4 Å². The summed E-state index contributed by atoms with van der Waals surface area (Å²) in [5.41, 5.74) is 3.29. The van der Waals surface area contributed by atoms with E-state index in [1.54, 1.807) is 14.0 Å². The van der Waals surface area contributed by atoms with E-state index in [2.05, 4.69) is 24.4 Å². The minimum Gasteiger partial charge on any atom is -0.497 e. The fraction of sp³-hybridized carbons (Fsp3) is 0.286. The van der Waals surface area contributed by atoms with E-state index >= 15 is 0 Å². The maximum absolute atomic E-state index is 12.8. The van der Waals surface area contributed by atoms with Crippen molar-refractivity contribution in [2.24, 2.45) is 0 Å². The molecule has 1 aromatic heterocycles. The molecule has 0 spiro atoms. The lowest BCUT2D eigenvalue weighted by atomic mass is 10.1. The Morgan fingerprint density at radius 3 is 2.60 bits per heavy atom. The molecule has 0 bridgehead atoms. The van der Waals surface area contributed by atoms with Crippen LogP contribution >= 0.6 is 0 Å². The molecular formula is C21H23NO3. The standard InChI is InChI=1S/C21H23NO3/c1-4-5-6-15-7-9-16(10-8-15)22-21(23)20-14(2)25-19-12-11-17(24-3)13-18(19)20/h7-13H,4-6H2,1-3H3,(H,22,23). The zero-order chi connectivity index (χ0) is 17.8. The van der Waals surface area contributed by atoms with E-state index in [-0.39, 0.29) is 5.91 Å². The summed E-state index contributed by atoms with van der Waals surface area (Å²) in [6, 6.07) is 13.5. The average Bonchev–Trinajstić information content (AvgIpc) is 2.95. The minimum atomic E-state index is -0.175. The summed E-state index contributed by atoms with van der Waals surface area (Å²) in [6.07, 6.45) is 3.42. The molecule has 4 heteroatoms. The molecule has 0 unspecified atom stereocenters. The molecule has 0 fully saturated rings. The first kappa shape index (κ1) is 17.1. The van der Waals surface area contributed by atoms with Gasteiger partial charge in [-0.05, 0) is 55.7 Å². The zero-order valence-electron chi connectivity index (χ0n) is 14.9. The van der Waals surface area contributed by atoms with Crippen LogP contribution in [0.2, 0.25) is 0 Å². The molecule has 0 aliphatic heterocycles. The van der Waals surface area contributed by atoms with Crippen LogP contribution < -0.4 is 10.1 Å². The minimum absolute atomic E-state index is 0.175. The molecule has 2 aromatic carbocycles. The number of anilines is 1. The molecule has 0 saturated heterocycles. The van der Waals surface area contributed by atoms with Gasteiger partial charge in [-0.3, -0.25) is 4.79 Å². The quantitative estimate of drug-likeness (QED) is 0.660. The molecule has 0 aliphatic rings. The molecule has 1 heterocycles. The number of benzene rings is 2. The van der Waals surface area contributed by atoms with Gasteiger partial charge >= 0.3 is 0 Å². The molecule has 0 atom stereocenters. The monoisotopic (exact) mass is 337 g/mol. The summed E-state index contributed by atoms with van der Waals surface area (Å²) in [6.45, 7) is 3.98. The number of hydrogen-bond donors (Lipinski definition) is 1. The van der Waals surface area contributed by atoms with Crippen LogP contribution in [0.15, 0.2) is 46.9 Å². The van der Waals surface area contributed by atoms with Gasteiger partial charge in [0.2, 0.25) is 0 Å². The first-order valence-electron chi connectivity index (χ1n) is 8.59. The predicted molar refractivity (Wildman–Crippen MR) is 101 cm³/mol. The predicted octanol–water partition coefficient (Wildman–Crippen LogP) is 5.34. The van der Waals surface area contributed by atoms with Crippen LogP contribution in [-0.2, 0) is 6.42 Å². The summed E-state index contributed by atoms with van der Waals surface area (Å²) >= 11 is 0. The number of aryl methyl sites for hydroxylation is 2. The Labute approximate surface area is 147 Å². The largest absolute Gasteiger partial charge is 0.497 e. The van der Waals surface area contributed by atoms with Gasteiger partial charge in [-0.25, -0.2) is 0 Å². The van der Waals surface area contributed by atoms with E-state index in [9.17, 15) is 4.79 Å². The number of hydrogen-bond acceptors (Lipinski definition) is 3. The van der Waals surface area contributed by atoms with Gasteiger partial charge in [-0.1, -0.05) is 25.5 Å². The van der Waals surface area contributed by atoms with E-state index in [0.29, 0.717) is 22.7 Å². The lowest BCUT2D eigenvalue weighted by Crippen LogP contribution is -2.12. The SMILES string of the molecule is CCCCc1ccc(NC(=O)c2c(C)oc3ccc(OC)cc23)cc1. The highest BCUT2D eigenvalue weighted by Gasteiger charge is 2.19. The molecule has 25 heavy (non-hydrogen) atoms. The Morgan fingerprint density at radius 2 is 1.92 bits per heavy atom. The van der Waals surface area contributed by atoms with Gasteiger partial charge < -0.3 is 14.5 Å². The third-order valence-electron chi connectivity index (χ3n) is 4.33. The number of amides is 1. The second-order valence-electron chi connectivity index (χ2n) is 6.15. The van der Waals surface area contributed by atoms with Crippen molar-refractivity contribution < 1.29 is 13.9 Å². The zero-order valence-corrected chi connectivity index (χ0v) is 14.9. The fourth-order valence-electron chi connectivity index (χ4n) is 2.94. The number of furan rings is 1. The highest BCUT2D eigenvalue weighted by molar-refractivity contribution is 6.13. The second kappa shape index (κ2) is 7.43. The maximum Gasteiger partial charge on any atom is 0.259 e. The van der Waals surface area contributed by atoms with E-state index in [4.69, 9.17) is 9.15 Å². The molecule has 1 N–H and O–H groups in total. The van der Waals surface area contributed by atoms with Crippen LogP contribution in [0, 0.1) is 6.92 Å². The first-order valence-corrected chi connectivity index (χ1v) is 8.59. The van der Waals surface area contributed by atoms with Crippen LogP contribution in [0.1, 0.15) is 41.4 Å². The van der Waals surface area contributed by atoms with Crippen molar-refractivity contribution in [1.82, 2.24) is 0 Å². The number of rotatable bonds is 6. The Balaban J connectivity index is 1.83. The van der Waals surface area contributed by atoms with Gasteiger partial charge in [-0.15, -0.1) is 0 Å². The Kier molecular flexibility index (Phi) is 5.08. The van der Waals surface area contributed by atoms with Crippen LogP contribution in [-0.4, -0.2) is 13.0 Å². The Bertz CT molecular complexity index is 878. The molecule has 3 rings (SSSR count). The Morgan fingerprint density at radius 1 is 1.16 bits per heavy atom. The lowest BCUT2D eigenvalue weighted by Gasteiger charge is -2.07. The van der Waals surface area contributed by atoms with E-state index in [1.807, 2.05) is 30.3 Å². The fourth-order valence-corrected chi connectivity index (χ4v) is 2.94. The molecule has 0 saturated carbocycles. The number of methoxy groups -OCH3 is 1. The molecule has 0 radical (unpaired) electrons. The van der Waals surface area contributed by atoms with Gasteiger partial charge in [0.1, 0.15) is 17.1 Å². The van der Waals surface area contributed by atoms with Crippen molar-refractivity contribution in [2.75, 3.05) is 12.4 Å². The smallest absolute Gasteiger partial charge is 0.259 e. The number of carbonyl (C=O) groups is 1. The summed E-state index contributed by atoms with van der Waals surface area (Å²) < 4.78 is 11.0. The topological polar surface area (TPSA) is 51.5 Å². The second-order valence-corrected chi connectivity index (χ2v) is 6.15. The highest BCUT2D eigenvalue weighted by Crippen LogP contribution is 2.29. The normalized spacial score (nSPS) is 10.8. The summed E-state index contributed by atoms with van der Waals surface area (Å²) in [5, 5.41) is 3.72. The van der Waals surface area contributed by atoms with Crippen molar-refractivity contribution in [3.63, 3.8) is 0 Å². The summed E-state index contributed by atoms with van der Waals surface area (Å²) in [4.78, 5) is 12.8. The Hall–Kier alpha value is -2.75. The first-order chi connectivity index (χ1) is 12.1. The number of nitrogens with one attached hydrogen (secondary N) is 1. The molecule has 4 nitrogen and oxygen atoms in total. The van der Waals surface area contributed by atoms with Gasteiger partial charge in [0.05, 0.1) is 12.7 Å². The van der Waals surface area contributed by atoms with Crippen molar-refractivity contribution in [1.29, 1.82) is 0 Å². The van der Waals surface area contributed by atoms with Crippen LogP contribution in [0.4, 0.5) is 5.69 Å². The molecule has 130 valence electrons. The maximum atomic E-state index is 12.8. The van der Waals surface area contributed by atoms with Gasteiger partial charge in [0.15, 0.2) is 0 Å². The van der Waals surface area contributed by atoms with E-state index in [0.717, 1.165) is 17.5 Å². The van der Waals surface area contributed by atoms with Crippen LogP contribution in [0.25, 0.3) is 11.0 Å². The molecule has 1 amide bonds. The van der Waals surface area contributed by atoms with Gasteiger partial charge in [0, 0.05) is 11.1 Å². The number of ether oxygens (including phenoxy) is 1. The van der Waals surface area contributed by atoms with Gasteiger partial charge in [0.25, 0.3) is 5.91 Å². The summed E-state index contributed by atoms with van der Waals surface area (Å²) in [5.74, 6) is 1.12. The highest BCUT2D eigenvalue weighted by atomic mass is 16.5. The number of unbranched alkanes of at least 4 members (excludes halogenated alkanes) is 1. The number of fused-ring (bicyclic) bond motifs is 1. The van der Waals surface area contributed by atoms with Crippen molar-refractivity contribution >= 4 is 22.6 Å². The van der Waals surface area contributed by atoms with Gasteiger partial charge in [-0.2, -0.15) is 0 Å². The van der Waals surface area contributed by atoms with Crippen molar-refractivity contribution in [3.8, 4) is 5.75 Å². The molecule has 0 aliphatic carbocycles. The third-order valence-corrected chi connectivity index (χ3v) is 4.33. The lowest BCUT2D eigenvalue weighted by molar-refractivity contribution is 0.102.